The number of nitrogens with zero attached hydrogens (tertiary/aromatic N) is 2. The van der Waals surface area contributed by atoms with Crippen LogP contribution in [0.15, 0.2) is 18.2 Å². The molecule has 1 heterocycles. The van der Waals surface area contributed by atoms with Gasteiger partial charge < -0.3 is 19.9 Å². The molecule has 1 aromatic carbocycles. The van der Waals surface area contributed by atoms with Crippen molar-refractivity contribution in [2.24, 2.45) is 0 Å². The molecule has 1 aromatic rings. The molecule has 0 spiro atoms. The first kappa shape index (κ1) is 20.7. The third kappa shape index (κ3) is 5.45. The standard InChI is InChI=1S/C20H29N3O4/c1-5-27-20(26)22-11-9-17(10-12-22)21-19(25)13-23(16(4)24)18-8-6-7-14(2)15(18)3/h6-8,17H,5,9-13H2,1-4H3,(H,21,25). The molecule has 1 aliphatic heterocycles. The molecule has 3 amide bonds. The first-order valence-electron chi connectivity index (χ1n) is 9.38. The normalized spacial score (nSPS) is 14.6. The first-order chi connectivity index (χ1) is 12.8. The molecule has 1 fully saturated rings. The second-order valence-corrected chi connectivity index (χ2v) is 6.85. The number of aryl methyl sites for hydroxylation is 1. The third-order valence-electron chi connectivity index (χ3n) is 4.93. The molecular formula is C20H29N3O4. The van der Waals surface area contributed by atoms with Gasteiger partial charge in [0.2, 0.25) is 11.8 Å². The van der Waals surface area contributed by atoms with Gasteiger partial charge in [-0.1, -0.05) is 12.1 Å². The lowest BCUT2D eigenvalue weighted by atomic mass is 10.1. The third-order valence-corrected chi connectivity index (χ3v) is 4.93. The maximum atomic E-state index is 12.5. The monoisotopic (exact) mass is 375 g/mol. The summed E-state index contributed by atoms with van der Waals surface area (Å²) in [5, 5.41) is 2.99. The molecule has 0 radical (unpaired) electrons. The molecule has 1 saturated heterocycles. The predicted molar refractivity (Wildman–Crippen MR) is 104 cm³/mol. The number of likely N-dealkylation sites (tertiary alicyclic amines) is 1. The molecule has 0 aliphatic carbocycles. The molecule has 1 N–H and O–H groups in total. The Kier molecular flexibility index (Phi) is 7.21. The van der Waals surface area contributed by atoms with E-state index >= 15 is 0 Å². The predicted octanol–water partition coefficient (Wildman–Crippen LogP) is 2.39. The topological polar surface area (TPSA) is 79.0 Å². The van der Waals surface area contributed by atoms with Crippen molar-refractivity contribution in [1.29, 1.82) is 0 Å². The zero-order valence-corrected chi connectivity index (χ0v) is 16.6. The molecule has 0 atom stereocenters. The SMILES string of the molecule is CCOC(=O)N1CCC(NC(=O)CN(C(C)=O)c2cccc(C)c2C)CC1. The van der Waals surface area contributed by atoms with Crippen molar-refractivity contribution in [3.63, 3.8) is 0 Å². The van der Waals surface area contributed by atoms with E-state index in [9.17, 15) is 14.4 Å². The van der Waals surface area contributed by atoms with Crippen LogP contribution in [0.25, 0.3) is 0 Å². The number of anilines is 1. The van der Waals surface area contributed by atoms with Gasteiger partial charge in [0.05, 0.1) is 6.61 Å². The molecule has 148 valence electrons. The number of benzene rings is 1. The van der Waals surface area contributed by atoms with Gasteiger partial charge in [-0.3, -0.25) is 9.59 Å². The highest BCUT2D eigenvalue weighted by atomic mass is 16.6. The summed E-state index contributed by atoms with van der Waals surface area (Å²) in [6, 6.07) is 5.72. The minimum Gasteiger partial charge on any atom is -0.450 e. The van der Waals surface area contributed by atoms with Crippen molar-refractivity contribution in [2.45, 2.75) is 46.6 Å². The van der Waals surface area contributed by atoms with E-state index < -0.39 is 0 Å². The summed E-state index contributed by atoms with van der Waals surface area (Å²) in [4.78, 5) is 39.5. The number of amides is 3. The van der Waals surface area contributed by atoms with Crippen molar-refractivity contribution >= 4 is 23.6 Å². The quantitative estimate of drug-likeness (QED) is 0.857. The zero-order valence-electron chi connectivity index (χ0n) is 16.6. The Morgan fingerprint density at radius 2 is 1.89 bits per heavy atom. The Hall–Kier alpha value is -2.57. The second kappa shape index (κ2) is 9.39. The molecule has 0 bridgehead atoms. The van der Waals surface area contributed by atoms with Gasteiger partial charge in [-0.05, 0) is 50.8 Å². The number of carbonyl (C=O) groups excluding carboxylic acids is 3. The largest absolute Gasteiger partial charge is 0.450 e. The van der Waals surface area contributed by atoms with Crippen LogP contribution in [-0.4, -0.2) is 55.1 Å². The summed E-state index contributed by atoms with van der Waals surface area (Å²) >= 11 is 0. The van der Waals surface area contributed by atoms with E-state index in [4.69, 9.17) is 4.74 Å². The molecule has 0 aromatic heterocycles. The van der Waals surface area contributed by atoms with Crippen LogP contribution in [-0.2, 0) is 14.3 Å². The summed E-state index contributed by atoms with van der Waals surface area (Å²) < 4.78 is 5.00. The van der Waals surface area contributed by atoms with Gasteiger partial charge in [0, 0.05) is 31.7 Å². The summed E-state index contributed by atoms with van der Waals surface area (Å²) in [6.45, 7) is 8.62. The number of hydrogen-bond donors (Lipinski definition) is 1. The Morgan fingerprint density at radius 3 is 2.48 bits per heavy atom. The summed E-state index contributed by atoms with van der Waals surface area (Å²) in [5.41, 5.74) is 2.82. The van der Waals surface area contributed by atoms with Gasteiger partial charge in [0.15, 0.2) is 0 Å². The molecular weight excluding hydrogens is 346 g/mol. The van der Waals surface area contributed by atoms with E-state index in [0.717, 1.165) is 16.8 Å². The van der Waals surface area contributed by atoms with E-state index in [-0.39, 0.29) is 30.5 Å². The number of piperidine rings is 1. The highest BCUT2D eigenvalue weighted by molar-refractivity contribution is 5.98. The number of carbonyl (C=O) groups is 3. The van der Waals surface area contributed by atoms with Crippen molar-refractivity contribution in [2.75, 3.05) is 31.1 Å². The van der Waals surface area contributed by atoms with Crippen LogP contribution in [0.2, 0.25) is 0 Å². The number of rotatable bonds is 5. The average molecular weight is 375 g/mol. The Morgan fingerprint density at radius 1 is 1.22 bits per heavy atom. The Bertz CT molecular complexity index is 696. The summed E-state index contributed by atoms with van der Waals surface area (Å²) in [6.07, 6.45) is 1.04. The average Bonchev–Trinajstić information content (AvgIpc) is 2.63. The van der Waals surface area contributed by atoms with Gasteiger partial charge in [0.25, 0.3) is 0 Å². The van der Waals surface area contributed by atoms with Crippen LogP contribution in [0.4, 0.5) is 10.5 Å². The highest BCUT2D eigenvalue weighted by Crippen LogP contribution is 2.23. The summed E-state index contributed by atoms with van der Waals surface area (Å²) in [7, 11) is 0. The molecule has 0 unspecified atom stereocenters. The minimum absolute atomic E-state index is 0.00408. The Labute approximate surface area is 160 Å². The number of nitrogens with one attached hydrogen (secondary N) is 1. The van der Waals surface area contributed by atoms with Crippen molar-refractivity contribution in [1.82, 2.24) is 10.2 Å². The van der Waals surface area contributed by atoms with Crippen LogP contribution in [0.1, 0.15) is 37.8 Å². The van der Waals surface area contributed by atoms with Crippen LogP contribution in [0.3, 0.4) is 0 Å². The second-order valence-electron chi connectivity index (χ2n) is 6.85. The lowest BCUT2D eigenvalue weighted by Crippen LogP contribution is -2.49. The first-order valence-corrected chi connectivity index (χ1v) is 9.38. The molecule has 7 heteroatoms. The van der Waals surface area contributed by atoms with Crippen LogP contribution < -0.4 is 10.2 Å². The lowest BCUT2D eigenvalue weighted by molar-refractivity contribution is -0.123. The van der Waals surface area contributed by atoms with Gasteiger partial charge in [-0.25, -0.2) is 4.79 Å². The molecule has 27 heavy (non-hydrogen) atoms. The maximum Gasteiger partial charge on any atom is 0.409 e. The van der Waals surface area contributed by atoms with Crippen LogP contribution >= 0.6 is 0 Å². The van der Waals surface area contributed by atoms with E-state index in [1.165, 1.54) is 11.8 Å². The Balaban J connectivity index is 1.93. The molecule has 1 aliphatic rings. The smallest absolute Gasteiger partial charge is 0.409 e. The van der Waals surface area contributed by atoms with Crippen LogP contribution in [0.5, 0.6) is 0 Å². The van der Waals surface area contributed by atoms with E-state index in [1.807, 2.05) is 32.0 Å². The molecule has 7 nitrogen and oxygen atoms in total. The van der Waals surface area contributed by atoms with Crippen molar-refractivity contribution < 1.29 is 19.1 Å². The lowest BCUT2D eigenvalue weighted by Gasteiger charge is -2.32. The van der Waals surface area contributed by atoms with Crippen molar-refractivity contribution in [3.8, 4) is 0 Å². The fourth-order valence-electron chi connectivity index (χ4n) is 3.23. The van der Waals surface area contributed by atoms with E-state index in [2.05, 4.69) is 5.32 Å². The molecule has 0 saturated carbocycles. The van der Waals surface area contributed by atoms with Gasteiger partial charge >= 0.3 is 6.09 Å². The van der Waals surface area contributed by atoms with Gasteiger partial charge in [-0.15, -0.1) is 0 Å². The zero-order chi connectivity index (χ0) is 20.0. The van der Waals surface area contributed by atoms with E-state index in [1.54, 1.807) is 11.8 Å². The van der Waals surface area contributed by atoms with Gasteiger partial charge in [-0.2, -0.15) is 0 Å². The summed E-state index contributed by atoms with van der Waals surface area (Å²) in [5.74, 6) is -0.364. The fourth-order valence-corrected chi connectivity index (χ4v) is 3.23. The van der Waals surface area contributed by atoms with Gasteiger partial charge in [0.1, 0.15) is 6.54 Å². The molecule has 2 rings (SSSR count). The maximum absolute atomic E-state index is 12.5. The highest BCUT2D eigenvalue weighted by Gasteiger charge is 2.26. The number of hydrogen-bond acceptors (Lipinski definition) is 4. The van der Waals surface area contributed by atoms with Crippen LogP contribution in [0, 0.1) is 13.8 Å². The fraction of sp³-hybridized carbons (Fsp3) is 0.550. The minimum atomic E-state index is -0.306. The van der Waals surface area contributed by atoms with E-state index in [0.29, 0.717) is 32.5 Å². The van der Waals surface area contributed by atoms with Crippen molar-refractivity contribution in [3.05, 3.63) is 29.3 Å². The number of ether oxygens (including phenoxy) is 1.